The van der Waals surface area contributed by atoms with Gasteiger partial charge in [0.1, 0.15) is 0 Å². The number of fused-ring (bicyclic) bond motifs is 1. The summed E-state index contributed by atoms with van der Waals surface area (Å²) in [4.78, 5) is 13.4. The number of pyridine rings is 1. The molecule has 0 aromatic heterocycles. The fraction of sp³-hybridized carbons (Fsp3) is 0. The van der Waals surface area contributed by atoms with Gasteiger partial charge < -0.3 is 4.98 Å². The van der Waals surface area contributed by atoms with E-state index in [2.05, 4.69) is 4.98 Å². The highest BCUT2D eigenvalue weighted by molar-refractivity contribution is 5.89. The van der Waals surface area contributed by atoms with Crippen molar-refractivity contribution in [3.05, 3.63) is 36.2 Å². The van der Waals surface area contributed by atoms with Crippen LogP contribution in [0.1, 0.15) is 10.4 Å². The summed E-state index contributed by atoms with van der Waals surface area (Å²) < 4.78 is 0. The Morgan fingerprint density at radius 1 is 1.27 bits per heavy atom. The van der Waals surface area contributed by atoms with E-state index in [-0.39, 0.29) is 0 Å². The Morgan fingerprint density at radius 3 is 3.00 bits per heavy atom. The monoisotopic (exact) mass is 145 g/mol. The lowest BCUT2D eigenvalue weighted by Gasteiger charge is -1.96. The van der Waals surface area contributed by atoms with Crippen molar-refractivity contribution in [3.63, 3.8) is 0 Å². The highest BCUT2D eigenvalue weighted by Gasteiger charge is 2.05. The smallest absolute Gasteiger partial charge is 0.150 e. The van der Waals surface area contributed by atoms with E-state index in [1.54, 1.807) is 0 Å². The lowest BCUT2D eigenvalue weighted by molar-refractivity contribution is 0.112. The van der Waals surface area contributed by atoms with Gasteiger partial charge in [-0.15, -0.1) is 0 Å². The molecular formula is C9H7NO. The lowest BCUT2D eigenvalue weighted by Crippen LogP contribution is -1.80. The first-order valence-electron chi connectivity index (χ1n) is 3.42. The third-order valence-electron chi connectivity index (χ3n) is 1.78. The second kappa shape index (κ2) is 2.23. The summed E-state index contributed by atoms with van der Waals surface area (Å²) in [6.45, 7) is 0. The Labute approximate surface area is 64.2 Å². The maximum absolute atomic E-state index is 10.5. The van der Waals surface area contributed by atoms with E-state index < -0.39 is 0 Å². The third kappa shape index (κ3) is 0.835. The highest BCUT2D eigenvalue weighted by Crippen LogP contribution is 2.24. The molecule has 1 heterocycles. The maximum atomic E-state index is 10.5. The van der Waals surface area contributed by atoms with Crippen LogP contribution in [0.2, 0.25) is 0 Å². The van der Waals surface area contributed by atoms with Crippen LogP contribution in [0.3, 0.4) is 0 Å². The molecule has 1 N–H and O–H groups in total. The first kappa shape index (κ1) is 6.16. The minimum absolute atomic E-state index is 0.747. The van der Waals surface area contributed by atoms with Gasteiger partial charge in [0.2, 0.25) is 0 Å². The standard InChI is InChI=1S/C9H7NO/c11-6-8-2-1-7-3-4-10-5-9(7)8/h1-6,10H. The molecule has 1 aliphatic carbocycles. The molecule has 0 saturated carbocycles. The van der Waals surface area contributed by atoms with Gasteiger partial charge in [0.25, 0.3) is 0 Å². The average Bonchev–Trinajstić information content (AvgIpc) is 2.47. The van der Waals surface area contributed by atoms with Crippen LogP contribution in [-0.4, -0.2) is 11.3 Å². The molecule has 0 unspecified atom stereocenters. The number of carbonyl (C=O) groups excluding carboxylic acids is 1. The number of hydrogen-bond acceptors (Lipinski definition) is 1. The fourth-order valence-corrected chi connectivity index (χ4v) is 1.21. The molecule has 11 heavy (non-hydrogen) atoms. The summed E-state index contributed by atoms with van der Waals surface area (Å²) >= 11 is 0. The molecule has 0 aromatic carbocycles. The van der Waals surface area contributed by atoms with Crippen LogP contribution < -0.4 is 0 Å². The van der Waals surface area contributed by atoms with Gasteiger partial charge in [0.05, 0.1) is 0 Å². The molecule has 0 saturated heterocycles. The first-order chi connectivity index (χ1) is 5.42. The topological polar surface area (TPSA) is 32.9 Å². The van der Waals surface area contributed by atoms with E-state index in [1.807, 2.05) is 30.6 Å². The van der Waals surface area contributed by atoms with E-state index in [9.17, 15) is 4.79 Å². The van der Waals surface area contributed by atoms with Gasteiger partial charge in [-0.2, -0.15) is 0 Å². The molecule has 54 valence electrons. The van der Waals surface area contributed by atoms with Crippen molar-refractivity contribution in [2.24, 2.45) is 0 Å². The molecule has 0 fully saturated rings. The van der Waals surface area contributed by atoms with Crippen LogP contribution in [0.25, 0.3) is 11.1 Å². The van der Waals surface area contributed by atoms with Crippen LogP contribution in [-0.2, 0) is 0 Å². The average molecular weight is 145 g/mol. The number of H-pyrrole nitrogens is 1. The number of aldehydes is 1. The molecule has 2 rings (SSSR count). The van der Waals surface area contributed by atoms with Gasteiger partial charge in [0.15, 0.2) is 6.29 Å². The molecule has 0 atom stereocenters. The summed E-state index contributed by atoms with van der Waals surface area (Å²) in [6.07, 6.45) is 4.55. The zero-order valence-corrected chi connectivity index (χ0v) is 5.87. The molecular weight excluding hydrogens is 138 g/mol. The largest absolute Gasteiger partial charge is 0.367 e. The van der Waals surface area contributed by atoms with Crippen LogP contribution >= 0.6 is 0 Å². The quantitative estimate of drug-likeness (QED) is 0.611. The Hall–Kier alpha value is -1.57. The van der Waals surface area contributed by atoms with E-state index in [1.165, 1.54) is 0 Å². The van der Waals surface area contributed by atoms with Crippen LogP contribution in [0.15, 0.2) is 30.6 Å². The van der Waals surface area contributed by atoms with E-state index in [0.29, 0.717) is 0 Å². The van der Waals surface area contributed by atoms with Gasteiger partial charge in [-0.1, -0.05) is 12.1 Å². The maximum Gasteiger partial charge on any atom is 0.150 e. The van der Waals surface area contributed by atoms with Crippen molar-refractivity contribution in [2.45, 2.75) is 0 Å². The molecule has 2 heteroatoms. The molecule has 0 amide bonds. The molecule has 0 bridgehead atoms. The van der Waals surface area contributed by atoms with Crippen molar-refractivity contribution in [3.8, 4) is 11.1 Å². The lowest BCUT2D eigenvalue weighted by atomic mass is 10.1. The van der Waals surface area contributed by atoms with Gasteiger partial charge in [0, 0.05) is 23.5 Å². The minimum Gasteiger partial charge on any atom is -0.367 e. The van der Waals surface area contributed by atoms with Crippen LogP contribution in [0, 0.1) is 0 Å². The highest BCUT2D eigenvalue weighted by atomic mass is 16.1. The Kier molecular flexibility index (Phi) is 1.25. The Balaban J connectivity index is 2.73. The SMILES string of the molecule is O=Cc1ccc2cc[nH]cc1-2. The number of aromatic nitrogens is 1. The Morgan fingerprint density at radius 2 is 2.18 bits per heavy atom. The molecule has 2 aliphatic rings. The van der Waals surface area contributed by atoms with Gasteiger partial charge >= 0.3 is 0 Å². The zero-order chi connectivity index (χ0) is 7.68. The van der Waals surface area contributed by atoms with Crippen molar-refractivity contribution >= 4 is 6.29 Å². The summed E-state index contributed by atoms with van der Waals surface area (Å²) in [5, 5.41) is 0. The molecule has 0 spiro atoms. The van der Waals surface area contributed by atoms with Crippen LogP contribution in [0.5, 0.6) is 0 Å². The zero-order valence-electron chi connectivity index (χ0n) is 5.87. The predicted molar refractivity (Wildman–Crippen MR) is 42.8 cm³/mol. The second-order valence-electron chi connectivity index (χ2n) is 2.42. The van der Waals surface area contributed by atoms with Crippen molar-refractivity contribution in [1.29, 1.82) is 0 Å². The van der Waals surface area contributed by atoms with E-state index >= 15 is 0 Å². The van der Waals surface area contributed by atoms with Gasteiger partial charge in [-0.05, 0) is 11.6 Å². The molecule has 1 aliphatic heterocycles. The summed E-state index contributed by atoms with van der Waals surface area (Å²) in [5.74, 6) is 0. The number of rotatable bonds is 1. The van der Waals surface area contributed by atoms with Crippen molar-refractivity contribution in [2.75, 3.05) is 0 Å². The van der Waals surface area contributed by atoms with Crippen molar-refractivity contribution in [1.82, 2.24) is 4.98 Å². The predicted octanol–water partition coefficient (Wildman–Crippen LogP) is 1.93. The number of aromatic amines is 1. The summed E-state index contributed by atoms with van der Waals surface area (Å²) in [6, 6.07) is 5.71. The van der Waals surface area contributed by atoms with E-state index in [4.69, 9.17) is 0 Å². The van der Waals surface area contributed by atoms with Gasteiger partial charge in [-0.3, -0.25) is 4.79 Å². The molecule has 0 aromatic rings. The van der Waals surface area contributed by atoms with Crippen LogP contribution in [0.4, 0.5) is 0 Å². The van der Waals surface area contributed by atoms with Crippen molar-refractivity contribution < 1.29 is 4.79 Å². The van der Waals surface area contributed by atoms with Gasteiger partial charge in [-0.25, -0.2) is 0 Å². The minimum atomic E-state index is 0.747. The third-order valence-corrected chi connectivity index (χ3v) is 1.78. The second-order valence-corrected chi connectivity index (χ2v) is 2.42. The van der Waals surface area contributed by atoms with E-state index in [0.717, 1.165) is 23.0 Å². The molecule has 0 radical (unpaired) electrons. The normalized spacial score (nSPS) is 10.2. The summed E-state index contributed by atoms with van der Waals surface area (Å²) in [7, 11) is 0. The fourth-order valence-electron chi connectivity index (χ4n) is 1.21. The first-order valence-corrected chi connectivity index (χ1v) is 3.42. The molecule has 2 nitrogen and oxygen atoms in total. The number of nitrogens with one attached hydrogen (secondary N) is 1. The number of carbonyl (C=O) groups is 1. The Bertz CT molecular complexity index is 351. The number of hydrogen-bond donors (Lipinski definition) is 1. The summed E-state index contributed by atoms with van der Waals surface area (Å²) in [5.41, 5.74) is 2.84.